The summed E-state index contributed by atoms with van der Waals surface area (Å²) in [5.74, 6) is -0.938. The molecule has 0 radical (unpaired) electrons. The third-order valence-corrected chi connectivity index (χ3v) is 15.0. The van der Waals surface area contributed by atoms with E-state index in [1.165, 1.54) is 0 Å². The first-order chi connectivity index (χ1) is 13.9. The van der Waals surface area contributed by atoms with Crippen LogP contribution in [0.15, 0.2) is 0 Å². The van der Waals surface area contributed by atoms with E-state index >= 15 is 0 Å². The van der Waals surface area contributed by atoms with Crippen molar-refractivity contribution in [1.82, 2.24) is 0 Å². The summed E-state index contributed by atoms with van der Waals surface area (Å²) >= 11 is 0. The van der Waals surface area contributed by atoms with Crippen molar-refractivity contribution in [3.8, 4) is 0 Å². The van der Waals surface area contributed by atoms with E-state index in [9.17, 15) is 9.59 Å². The smallest absolute Gasteiger partial charge is 0.465 e. The zero-order chi connectivity index (χ0) is 23.0. The highest BCUT2D eigenvalue weighted by Gasteiger charge is 2.89. The molecular formula is C21H40O7Si2. The lowest BCUT2D eigenvalue weighted by atomic mass is 10.0. The summed E-state index contributed by atoms with van der Waals surface area (Å²) in [6.07, 6.45) is -0.123. The molecule has 0 bridgehead atoms. The minimum absolute atomic E-state index is 0.0100. The average Bonchev–Trinajstić information content (AvgIpc) is 3.25. The highest BCUT2D eigenvalue weighted by molar-refractivity contribution is 6.74. The van der Waals surface area contributed by atoms with E-state index in [2.05, 4.69) is 33.9 Å². The minimum Gasteiger partial charge on any atom is -0.465 e. The van der Waals surface area contributed by atoms with E-state index in [4.69, 9.17) is 22.4 Å². The third-order valence-electron chi connectivity index (χ3n) is 6.80. The topological polar surface area (TPSA) is 80.3 Å². The van der Waals surface area contributed by atoms with Crippen molar-refractivity contribution in [3.63, 3.8) is 0 Å². The minimum atomic E-state index is -3.31. The van der Waals surface area contributed by atoms with Crippen LogP contribution in [0.2, 0.25) is 23.7 Å². The predicted octanol–water partition coefficient (Wildman–Crippen LogP) is 3.95. The molecular weight excluding hydrogens is 420 g/mol. The molecule has 0 amide bonds. The van der Waals surface area contributed by atoms with Crippen LogP contribution in [-0.2, 0) is 32.0 Å². The molecule has 0 aliphatic heterocycles. The predicted molar refractivity (Wildman–Crippen MR) is 119 cm³/mol. The van der Waals surface area contributed by atoms with E-state index < -0.39 is 34.0 Å². The van der Waals surface area contributed by atoms with Gasteiger partial charge in [-0.25, -0.2) is 0 Å². The molecule has 30 heavy (non-hydrogen) atoms. The Morgan fingerprint density at radius 3 is 1.90 bits per heavy atom. The van der Waals surface area contributed by atoms with Gasteiger partial charge in [0, 0.05) is 32.2 Å². The van der Waals surface area contributed by atoms with Crippen LogP contribution in [-0.4, -0.2) is 61.4 Å². The number of esters is 1. The Morgan fingerprint density at radius 1 is 1.00 bits per heavy atom. The van der Waals surface area contributed by atoms with Crippen LogP contribution in [0.25, 0.3) is 0 Å². The maximum Gasteiger partial charge on any atom is 0.506 e. The maximum atomic E-state index is 13.4. The monoisotopic (exact) mass is 460 g/mol. The zero-order valence-corrected chi connectivity index (χ0v) is 22.1. The highest BCUT2D eigenvalue weighted by atomic mass is 28.4. The van der Waals surface area contributed by atoms with Crippen LogP contribution >= 0.6 is 0 Å². The van der Waals surface area contributed by atoms with E-state index in [1.54, 1.807) is 6.92 Å². The van der Waals surface area contributed by atoms with Gasteiger partial charge in [-0.2, -0.15) is 0 Å². The number of rotatable bonds is 11. The van der Waals surface area contributed by atoms with E-state index in [-0.39, 0.29) is 35.9 Å². The quantitative estimate of drug-likeness (QED) is 0.262. The second kappa shape index (κ2) is 9.11. The van der Waals surface area contributed by atoms with Crippen LogP contribution in [0.4, 0.5) is 0 Å². The molecule has 0 aromatic rings. The van der Waals surface area contributed by atoms with Crippen molar-refractivity contribution in [1.29, 1.82) is 0 Å². The van der Waals surface area contributed by atoms with Gasteiger partial charge < -0.3 is 22.4 Å². The summed E-state index contributed by atoms with van der Waals surface area (Å²) in [4.78, 5) is 26.5. The normalized spacial score (nSPS) is 29.1. The first-order valence-electron chi connectivity index (χ1n) is 11.2. The van der Waals surface area contributed by atoms with Gasteiger partial charge in [0.1, 0.15) is 5.41 Å². The molecule has 0 saturated heterocycles. The van der Waals surface area contributed by atoms with Crippen molar-refractivity contribution in [2.24, 2.45) is 11.3 Å². The van der Waals surface area contributed by atoms with Gasteiger partial charge in [-0.1, -0.05) is 20.8 Å². The van der Waals surface area contributed by atoms with Crippen molar-refractivity contribution >= 4 is 28.9 Å². The molecule has 0 aromatic carbocycles. The van der Waals surface area contributed by atoms with Gasteiger partial charge in [-0.15, -0.1) is 0 Å². The third kappa shape index (κ3) is 4.09. The molecule has 2 aliphatic rings. The lowest BCUT2D eigenvalue weighted by Gasteiger charge is -2.39. The van der Waals surface area contributed by atoms with E-state index in [1.807, 2.05) is 20.8 Å². The van der Waals surface area contributed by atoms with E-state index in [0.29, 0.717) is 19.8 Å². The first-order valence-corrected chi connectivity index (χ1v) is 15.9. The fourth-order valence-electron chi connectivity index (χ4n) is 4.55. The SMILES string of the molecule is CCOC(=O)[C@]12C(=O)C[C@@H](O[Si](C)(C)C(C)(C)C)[C@H]1[C@@H]2[Si](OCC)(OCC)OCC. The van der Waals surface area contributed by atoms with Gasteiger partial charge in [0.15, 0.2) is 14.1 Å². The zero-order valence-electron chi connectivity index (χ0n) is 20.1. The fraction of sp³-hybridized carbons (Fsp3) is 0.905. The van der Waals surface area contributed by atoms with Crippen molar-refractivity contribution < 1.29 is 32.0 Å². The largest absolute Gasteiger partial charge is 0.506 e. The van der Waals surface area contributed by atoms with E-state index in [0.717, 1.165) is 0 Å². The highest BCUT2D eigenvalue weighted by Crippen LogP contribution is 2.75. The summed E-state index contributed by atoms with van der Waals surface area (Å²) in [6.45, 7) is 19.6. The molecule has 2 aliphatic carbocycles. The molecule has 0 unspecified atom stereocenters. The molecule has 2 rings (SSSR count). The Labute approximate surface area is 183 Å². The molecule has 0 aromatic heterocycles. The Bertz CT molecular complexity index is 629. The summed E-state index contributed by atoms with van der Waals surface area (Å²) in [5.41, 5.74) is -1.73. The van der Waals surface area contributed by atoms with Crippen molar-refractivity contribution in [2.45, 2.75) is 84.7 Å². The van der Waals surface area contributed by atoms with Crippen molar-refractivity contribution in [3.05, 3.63) is 0 Å². The summed E-state index contributed by atoms with van der Waals surface area (Å²) in [6, 6.07) is 0. The molecule has 2 fully saturated rings. The van der Waals surface area contributed by atoms with Crippen LogP contribution in [0.3, 0.4) is 0 Å². The Kier molecular flexibility index (Phi) is 7.80. The number of ketones is 1. The number of ether oxygens (including phenoxy) is 1. The van der Waals surface area contributed by atoms with Gasteiger partial charge in [0.2, 0.25) is 0 Å². The Balaban J connectivity index is 2.51. The number of fused-ring (bicyclic) bond motifs is 1. The molecule has 7 nitrogen and oxygen atoms in total. The first kappa shape index (κ1) is 25.7. The van der Waals surface area contributed by atoms with Gasteiger partial charge in [0.25, 0.3) is 0 Å². The summed E-state index contributed by atoms with van der Waals surface area (Å²) < 4.78 is 30.4. The number of hydrogen-bond acceptors (Lipinski definition) is 7. The molecule has 0 N–H and O–H groups in total. The van der Waals surface area contributed by atoms with Crippen LogP contribution < -0.4 is 0 Å². The van der Waals surface area contributed by atoms with Gasteiger partial charge in [0.05, 0.1) is 18.3 Å². The number of carbonyl (C=O) groups excluding carboxylic acids is 2. The lowest BCUT2D eigenvalue weighted by Crippen LogP contribution is -2.51. The molecule has 2 saturated carbocycles. The van der Waals surface area contributed by atoms with Gasteiger partial charge in [-0.05, 0) is 45.8 Å². The van der Waals surface area contributed by atoms with Gasteiger partial charge >= 0.3 is 14.8 Å². The van der Waals surface area contributed by atoms with Crippen molar-refractivity contribution in [2.75, 3.05) is 26.4 Å². The van der Waals surface area contributed by atoms with Crippen LogP contribution in [0.1, 0.15) is 54.9 Å². The molecule has 174 valence electrons. The number of hydrogen-bond donors (Lipinski definition) is 0. The van der Waals surface area contributed by atoms with Gasteiger partial charge in [-0.3, -0.25) is 9.59 Å². The molecule has 9 heteroatoms. The number of carbonyl (C=O) groups is 2. The fourth-order valence-corrected chi connectivity index (χ4v) is 9.74. The van der Waals surface area contributed by atoms with Crippen LogP contribution in [0.5, 0.6) is 0 Å². The lowest BCUT2D eigenvalue weighted by molar-refractivity contribution is -0.153. The van der Waals surface area contributed by atoms with Crippen LogP contribution in [0, 0.1) is 11.3 Å². The second-order valence-corrected chi connectivity index (χ2v) is 17.0. The Morgan fingerprint density at radius 2 is 1.50 bits per heavy atom. The Hall–Kier alpha value is -0.586. The molecule has 0 spiro atoms. The average molecular weight is 461 g/mol. The number of Topliss-reactive ketones (excluding diaryl/α,β-unsaturated/α-hetero) is 1. The summed E-state index contributed by atoms with van der Waals surface area (Å²) in [7, 11) is -5.47. The molecule has 4 atom stereocenters. The maximum absolute atomic E-state index is 13.4. The standard InChI is InChI=1S/C21H40O7Si2/c1-10-24-19(23)21-16(22)14-15(28-29(8,9)20(5,6)7)17(21)18(21)30(25-11-2,26-12-3)27-13-4/h15,17-18H,10-14H2,1-9H3/t15-,17+,18+,21-/m1/s1. The molecule has 0 heterocycles. The second-order valence-electron chi connectivity index (χ2n) is 9.54. The summed E-state index contributed by atoms with van der Waals surface area (Å²) in [5, 5.41) is -0.0100.